The highest BCUT2D eigenvalue weighted by Gasteiger charge is 2.23. The maximum absolute atomic E-state index is 12.2. The van der Waals surface area contributed by atoms with Crippen LogP contribution in [0.5, 0.6) is 0 Å². The molecule has 2 N–H and O–H groups in total. The van der Waals surface area contributed by atoms with Crippen molar-refractivity contribution in [2.45, 2.75) is 32.6 Å². The lowest BCUT2D eigenvalue weighted by atomic mass is 10.1. The fourth-order valence-corrected chi connectivity index (χ4v) is 3.35. The van der Waals surface area contributed by atoms with Crippen LogP contribution in [0.2, 0.25) is 0 Å². The molecule has 0 bridgehead atoms. The summed E-state index contributed by atoms with van der Waals surface area (Å²) in [5.74, 6) is 0.0605. The van der Waals surface area contributed by atoms with E-state index in [9.17, 15) is 19.7 Å². The Kier molecular flexibility index (Phi) is 6.43. The van der Waals surface area contributed by atoms with Crippen LogP contribution in [-0.4, -0.2) is 29.8 Å². The Morgan fingerprint density at radius 1 is 1.17 bits per heavy atom. The number of carbonyl (C=O) groups excluding carboxylic acids is 2. The second kappa shape index (κ2) is 9.18. The van der Waals surface area contributed by atoms with E-state index < -0.39 is 4.92 Å². The Bertz CT molecular complexity index is 911. The Morgan fingerprint density at radius 2 is 1.90 bits per heavy atom. The standard InChI is InChI=1S/C21H24N4O4/c1-15-14-17(8-11-19(15)24-13-3-5-21(24)27)23-20(26)4-2-12-22-16-6-9-18(10-7-16)25(28)29/h6-11,14,22H,2-5,12-13H2,1H3,(H,23,26). The Balaban J connectivity index is 1.44. The first-order valence-electron chi connectivity index (χ1n) is 9.63. The number of nitrogens with one attached hydrogen (secondary N) is 2. The first-order chi connectivity index (χ1) is 13.9. The van der Waals surface area contributed by atoms with Gasteiger partial charge >= 0.3 is 0 Å². The van der Waals surface area contributed by atoms with Crippen molar-refractivity contribution in [2.24, 2.45) is 0 Å². The van der Waals surface area contributed by atoms with Crippen molar-refractivity contribution in [1.29, 1.82) is 0 Å². The third-order valence-corrected chi connectivity index (χ3v) is 4.83. The molecule has 2 amide bonds. The van der Waals surface area contributed by atoms with Gasteiger partial charge in [-0.1, -0.05) is 0 Å². The average Bonchev–Trinajstić information content (AvgIpc) is 3.11. The zero-order valence-corrected chi connectivity index (χ0v) is 16.3. The summed E-state index contributed by atoms with van der Waals surface area (Å²) in [5, 5.41) is 16.7. The van der Waals surface area contributed by atoms with Crippen molar-refractivity contribution in [2.75, 3.05) is 28.6 Å². The first-order valence-corrected chi connectivity index (χ1v) is 9.63. The van der Waals surface area contributed by atoms with Crippen molar-refractivity contribution < 1.29 is 14.5 Å². The number of rotatable bonds is 8. The molecule has 0 aliphatic carbocycles. The van der Waals surface area contributed by atoms with Crippen LogP contribution in [0.15, 0.2) is 42.5 Å². The topological polar surface area (TPSA) is 105 Å². The van der Waals surface area contributed by atoms with Gasteiger partial charge < -0.3 is 15.5 Å². The maximum atomic E-state index is 12.2. The van der Waals surface area contributed by atoms with Crippen molar-refractivity contribution in [1.82, 2.24) is 0 Å². The molecule has 8 nitrogen and oxygen atoms in total. The van der Waals surface area contributed by atoms with Gasteiger partial charge in [-0.2, -0.15) is 0 Å². The lowest BCUT2D eigenvalue weighted by Gasteiger charge is -2.19. The molecule has 0 saturated carbocycles. The van der Waals surface area contributed by atoms with Crippen LogP contribution in [0.25, 0.3) is 0 Å². The number of nitro benzene ring substituents is 1. The van der Waals surface area contributed by atoms with E-state index in [1.54, 1.807) is 17.0 Å². The van der Waals surface area contributed by atoms with Gasteiger partial charge in [-0.25, -0.2) is 0 Å². The number of nitrogens with zero attached hydrogens (tertiary/aromatic N) is 2. The van der Waals surface area contributed by atoms with Crippen LogP contribution >= 0.6 is 0 Å². The minimum Gasteiger partial charge on any atom is -0.385 e. The van der Waals surface area contributed by atoms with Crippen molar-refractivity contribution in [3.63, 3.8) is 0 Å². The molecule has 152 valence electrons. The average molecular weight is 396 g/mol. The minimum absolute atomic E-state index is 0.0466. The van der Waals surface area contributed by atoms with E-state index in [1.807, 2.05) is 25.1 Å². The second-order valence-corrected chi connectivity index (χ2v) is 7.03. The Morgan fingerprint density at radius 3 is 2.52 bits per heavy atom. The number of hydrogen-bond acceptors (Lipinski definition) is 5. The largest absolute Gasteiger partial charge is 0.385 e. The van der Waals surface area contributed by atoms with Gasteiger partial charge in [-0.15, -0.1) is 0 Å². The molecule has 2 aromatic carbocycles. The summed E-state index contributed by atoms with van der Waals surface area (Å²) < 4.78 is 0. The molecule has 0 radical (unpaired) electrons. The molecular weight excluding hydrogens is 372 g/mol. The summed E-state index contributed by atoms with van der Waals surface area (Å²) in [6, 6.07) is 11.8. The van der Waals surface area contributed by atoms with Crippen LogP contribution < -0.4 is 15.5 Å². The van der Waals surface area contributed by atoms with Crippen LogP contribution in [0.1, 0.15) is 31.2 Å². The van der Waals surface area contributed by atoms with Gasteiger partial charge in [0.1, 0.15) is 0 Å². The number of hydrogen-bond donors (Lipinski definition) is 2. The molecule has 1 heterocycles. The van der Waals surface area contributed by atoms with E-state index in [-0.39, 0.29) is 17.5 Å². The SMILES string of the molecule is Cc1cc(NC(=O)CCCNc2ccc([N+](=O)[O-])cc2)ccc1N1CCCC1=O. The fourth-order valence-electron chi connectivity index (χ4n) is 3.35. The molecule has 0 atom stereocenters. The smallest absolute Gasteiger partial charge is 0.269 e. The van der Waals surface area contributed by atoms with Crippen molar-refractivity contribution in [3.8, 4) is 0 Å². The molecule has 1 aliphatic rings. The van der Waals surface area contributed by atoms with Crippen LogP contribution in [-0.2, 0) is 9.59 Å². The number of nitro groups is 1. The number of anilines is 3. The first kappa shape index (κ1) is 20.3. The third-order valence-electron chi connectivity index (χ3n) is 4.83. The minimum atomic E-state index is -0.439. The molecule has 2 aromatic rings. The molecule has 29 heavy (non-hydrogen) atoms. The van der Waals surface area contributed by atoms with Gasteiger partial charge in [0.15, 0.2) is 0 Å². The van der Waals surface area contributed by atoms with E-state index >= 15 is 0 Å². The molecule has 0 aromatic heterocycles. The zero-order valence-electron chi connectivity index (χ0n) is 16.3. The quantitative estimate of drug-likeness (QED) is 0.400. The molecule has 1 saturated heterocycles. The molecular formula is C21H24N4O4. The number of benzene rings is 2. The van der Waals surface area contributed by atoms with Crippen LogP contribution in [0.3, 0.4) is 0 Å². The predicted octanol–water partition coefficient (Wildman–Crippen LogP) is 3.86. The van der Waals surface area contributed by atoms with Crippen LogP contribution in [0.4, 0.5) is 22.7 Å². The second-order valence-electron chi connectivity index (χ2n) is 7.03. The van der Waals surface area contributed by atoms with Gasteiger partial charge in [0, 0.05) is 55.1 Å². The fraction of sp³-hybridized carbons (Fsp3) is 0.333. The van der Waals surface area contributed by atoms with Crippen LogP contribution in [0, 0.1) is 17.0 Å². The molecule has 1 aliphatic heterocycles. The zero-order chi connectivity index (χ0) is 20.8. The summed E-state index contributed by atoms with van der Waals surface area (Å²) >= 11 is 0. The molecule has 3 rings (SSSR count). The van der Waals surface area contributed by atoms with E-state index in [4.69, 9.17) is 0 Å². The maximum Gasteiger partial charge on any atom is 0.269 e. The summed E-state index contributed by atoms with van der Waals surface area (Å²) in [5.41, 5.74) is 3.39. The highest BCUT2D eigenvalue weighted by Crippen LogP contribution is 2.27. The summed E-state index contributed by atoms with van der Waals surface area (Å²) in [6.45, 7) is 3.26. The number of non-ortho nitro benzene ring substituents is 1. The van der Waals surface area contributed by atoms with E-state index in [0.29, 0.717) is 31.5 Å². The van der Waals surface area contributed by atoms with Gasteiger partial charge in [0.25, 0.3) is 5.69 Å². The number of carbonyl (C=O) groups is 2. The highest BCUT2D eigenvalue weighted by molar-refractivity contribution is 5.97. The van der Waals surface area contributed by atoms with E-state index in [0.717, 1.165) is 29.9 Å². The number of aryl methyl sites for hydroxylation is 1. The molecule has 8 heteroatoms. The summed E-state index contributed by atoms with van der Waals surface area (Å²) in [4.78, 5) is 36.1. The predicted molar refractivity (Wildman–Crippen MR) is 112 cm³/mol. The molecule has 0 unspecified atom stereocenters. The molecule has 0 spiro atoms. The van der Waals surface area contributed by atoms with Gasteiger partial charge in [0.2, 0.25) is 11.8 Å². The Labute approximate surface area is 169 Å². The normalized spacial score (nSPS) is 13.4. The Hall–Kier alpha value is -3.42. The third kappa shape index (κ3) is 5.31. The van der Waals surface area contributed by atoms with E-state index in [1.165, 1.54) is 12.1 Å². The van der Waals surface area contributed by atoms with Gasteiger partial charge in [-0.3, -0.25) is 19.7 Å². The van der Waals surface area contributed by atoms with Crippen molar-refractivity contribution in [3.05, 3.63) is 58.1 Å². The van der Waals surface area contributed by atoms with E-state index in [2.05, 4.69) is 10.6 Å². The lowest BCUT2D eigenvalue weighted by molar-refractivity contribution is -0.384. The highest BCUT2D eigenvalue weighted by atomic mass is 16.6. The van der Waals surface area contributed by atoms with Crippen molar-refractivity contribution >= 4 is 34.6 Å². The van der Waals surface area contributed by atoms with Gasteiger partial charge in [0.05, 0.1) is 4.92 Å². The summed E-state index contributed by atoms with van der Waals surface area (Å²) in [7, 11) is 0. The monoisotopic (exact) mass is 396 g/mol. The lowest BCUT2D eigenvalue weighted by Crippen LogP contribution is -2.24. The summed E-state index contributed by atoms with van der Waals surface area (Å²) in [6.07, 6.45) is 2.45. The van der Waals surface area contributed by atoms with Gasteiger partial charge in [-0.05, 0) is 55.7 Å². The number of amides is 2. The molecule has 1 fully saturated rings.